The van der Waals surface area contributed by atoms with E-state index in [1.165, 1.54) is 6.42 Å². The molecule has 0 unspecified atom stereocenters. The molecule has 80 valence electrons. The van der Waals surface area contributed by atoms with Crippen molar-refractivity contribution in [1.82, 2.24) is 5.01 Å². The second-order valence-corrected chi connectivity index (χ2v) is 3.63. The van der Waals surface area contributed by atoms with Gasteiger partial charge in [0.25, 0.3) is 0 Å². The van der Waals surface area contributed by atoms with Crippen LogP contribution in [0.5, 0.6) is 0 Å². The number of hydrogen-bond acceptors (Lipinski definition) is 3. The molecule has 3 heteroatoms. The summed E-state index contributed by atoms with van der Waals surface area (Å²) in [7, 11) is 0. The Morgan fingerprint density at radius 2 is 2.13 bits per heavy atom. The third-order valence-electron chi connectivity index (χ3n) is 2.37. The van der Waals surface area contributed by atoms with Gasteiger partial charge >= 0.3 is 0 Å². The molecule has 3 nitrogen and oxygen atoms in total. The van der Waals surface area contributed by atoms with Gasteiger partial charge in [-0.05, 0) is 18.6 Å². The average molecular weight is 204 g/mol. The number of rotatable bonds is 4. The lowest BCUT2D eigenvalue weighted by Crippen LogP contribution is -2.15. The number of nitrogens with zero attached hydrogens (tertiary/aromatic N) is 2. The number of hydrogen-bond donors (Lipinski definition) is 0. The molecule has 1 aliphatic rings. The largest absolute Gasteiger partial charge is 0.453 e. The smallest absolute Gasteiger partial charge is 0.240 e. The summed E-state index contributed by atoms with van der Waals surface area (Å²) < 4.78 is 5.52. The van der Waals surface area contributed by atoms with Crippen LogP contribution in [0.4, 0.5) is 0 Å². The van der Waals surface area contributed by atoms with Gasteiger partial charge in [-0.15, -0.1) is 5.10 Å². The van der Waals surface area contributed by atoms with Gasteiger partial charge in [-0.25, -0.2) is 0 Å². The maximum atomic E-state index is 5.52. The highest BCUT2D eigenvalue weighted by atomic mass is 16.5. The van der Waals surface area contributed by atoms with E-state index in [-0.39, 0.29) is 0 Å². The number of ether oxygens (including phenoxy) is 1. The SMILES string of the molecule is CCCCN1COC(c2ccccc2)=N1. The Labute approximate surface area is 90.4 Å². The highest BCUT2D eigenvalue weighted by molar-refractivity contribution is 5.94. The van der Waals surface area contributed by atoms with Crippen LogP contribution in [0.25, 0.3) is 0 Å². The molecular formula is C12H16N2O. The van der Waals surface area contributed by atoms with E-state index >= 15 is 0 Å². The lowest BCUT2D eigenvalue weighted by molar-refractivity contribution is 0.167. The lowest BCUT2D eigenvalue weighted by Gasteiger charge is -2.08. The van der Waals surface area contributed by atoms with Crippen LogP contribution < -0.4 is 0 Å². The number of unbranched alkanes of at least 4 members (excludes halogenated alkanes) is 1. The molecule has 1 aromatic carbocycles. The van der Waals surface area contributed by atoms with Gasteiger partial charge in [0.2, 0.25) is 5.90 Å². The van der Waals surface area contributed by atoms with Crippen molar-refractivity contribution in [2.24, 2.45) is 5.10 Å². The van der Waals surface area contributed by atoms with E-state index in [1.807, 2.05) is 35.3 Å². The Kier molecular flexibility index (Phi) is 3.22. The summed E-state index contributed by atoms with van der Waals surface area (Å²) in [6, 6.07) is 10.0. The molecular weight excluding hydrogens is 188 g/mol. The molecule has 0 radical (unpaired) electrons. The minimum Gasteiger partial charge on any atom is -0.453 e. The van der Waals surface area contributed by atoms with E-state index in [0.29, 0.717) is 6.73 Å². The first-order valence-electron chi connectivity index (χ1n) is 5.42. The van der Waals surface area contributed by atoms with Crippen LogP contribution in [0.15, 0.2) is 35.4 Å². The van der Waals surface area contributed by atoms with Gasteiger partial charge in [0, 0.05) is 12.1 Å². The summed E-state index contributed by atoms with van der Waals surface area (Å²) in [4.78, 5) is 0. The van der Waals surface area contributed by atoms with Crippen LogP contribution in [0, 0.1) is 0 Å². The maximum absolute atomic E-state index is 5.52. The second-order valence-electron chi connectivity index (χ2n) is 3.63. The molecule has 0 aromatic heterocycles. The Balaban J connectivity index is 2.00. The molecule has 1 aromatic rings. The Morgan fingerprint density at radius 3 is 2.87 bits per heavy atom. The highest BCUT2D eigenvalue weighted by Crippen LogP contribution is 2.11. The van der Waals surface area contributed by atoms with Gasteiger partial charge in [0.05, 0.1) is 0 Å². The van der Waals surface area contributed by atoms with Gasteiger partial charge in [-0.3, -0.25) is 5.01 Å². The fraction of sp³-hybridized carbons (Fsp3) is 0.417. The Bertz CT molecular complexity index is 335. The van der Waals surface area contributed by atoms with Crippen LogP contribution in [0.3, 0.4) is 0 Å². The fourth-order valence-electron chi connectivity index (χ4n) is 1.50. The van der Waals surface area contributed by atoms with E-state index in [4.69, 9.17) is 4.74 Å². The topological polar surface area (TPSA) is 24.8 Å². The molecule has 1 aliphatic heterocycles. The highest BCUT2D eigenvalue weighted by Gasteiger charge is 2.15. The molecule has 0 saturated heterocycles. The summed E-state index contributed by atoms with van der Waals surface area (Å²) in [5.74, 6) is 0.742. The van der Waals surface area contributed by atoms with Crippen molar-refractivity contribution in [2.75, 3.05) is 13.3 Å². The summed E-state index contributed by atoms with van der Waals surface area (Å²) in [6.45, 7) is 3.75. The van der Waals surface area contributed by atoms with Crippen molar-refractivity contribution in [1.29, 1.82) is 0 Å². The molecule has 0 fully saturated rings. The quantitative estimate of drug-likeness (QED) is 0.752. The third kappa shape index (κ3) is 2.49. The first kappa shape index (κ1) is 10.0. The molecule has 0 amide bonds. The van der Waals surface area contributed by atoms with Crippen LogP contribution in [-0.2, 0) is 4.74 Å². The van der Waals surface area contributed by atoms with Gasteiger partial charge in [-0.2, -0.15) is 0 Å². The monoisotopic (exact) mass is 204 g/mol. The van der Waals surface area contributed by atoms with Crippen molar-refractivity contribution < 1.29 is 4.74 Å². The zero-order valence-electron chi connectivity index (χ0n) is 9.02. The summed E-state index contributed by atoms with van der Waals surface area (Å²) in [6.07, 6.45) is 2.35. The number of benzene rings is 1. The van der Waals surface area contributed by atoms with Gasteiger partial charge in [0.15, 0.2) is 6.73 Å². The predicted molar refractivity (Wildman–Crippen MR) is 60.5 cm³/mol. The summed E-state index contributed by atoms with van der Waals surface area (Å²) in [5.41, 5.74) is 1.05. The molecule has 2 rings (SSSR count). The fourth-order valence-corrected chi connectivity index (χ4v) is 1.50. The van der Waals surface area contributed by atoms with Gasteiger partial charge in [0.1, 0.15) is 0 Å². The molecule has 0 saturated carbocycles. The second kappa shape index (κ2) is 4.82. The molecule has 0 atom stereocenters. The standard InChI is InChI=1S/C12H16N2O/c1-2-3-9-14-10-15-12(13-14)11-7-5-4-6-8-11/h4-8H,2-3,9-10H2,1H3. The van der Waals surface area contributed by atoms with Crippen LogP contribution in [0.2, 0.25) is 0 Å². The Hall–Kier alpha value is -1.51. The van der Waals surface area contributed by atoms with E-state index in [9.17, 15) is 0 Å². The first-order valence-corrected chi connectivity index (χ1v) is 5.42. The van der Waals surface area contributed by atoms with Crippen LogP contribution in [0.1, 0.15) is 25.3 Å². The van der Waals surface area contributed by atoms with E-state index in [0.717, 1.165) is 24.4 Å². The van der Waals surface area contributed by atoms with Gasteiger partial charge < -0.3 is 4.74 Å². The first-order chi connectivity index (χ1) is 7.40. The average Bonchev–Trinajstić information content (AvgIpc) is 2.76. The molecule has 0 aliphatic carbocycles. The van der Waals surface area contributed by atoms with Crippen molar-refractivity contribution in [3.05, 3.63) is 35.9 Å². The summed E-state index contributed by atoms with van der Waals surface area (Å²) in [5, 5.41) is 6.40. The third-order valence-corrected chi connectivity index (χ3v) is 2.37. The summed E-state index contributed by atoms with van der Waals surface area (Å²) >= 11 is 0. The molecule has 0 N–H and O–H groups in total. The van der Waals surface area contributed by atoms with Crippen molar-refractivity contribution >= 4 is 5.90 Å². The minimum absolute atomic E-state index is 0.588. The van der Waals surface area contributed by atoms with E-state index < -0.39 is 0 Å². The Morgan fingerprint density at radius 1 is 1.33 bits per heavy atom. The van der Waals surface area contributed by atoms with E-state index in [1.54, 1.807) is 0 Å². The number of hydrazone groups is 1. The molecule has 1 heterocycles. The molecule has 15 heavy (non-hydrogen) atoms. The van der Waals surface area contributed by atoms with Crippen LogP contribution in [-0.4, -0.2) is 24.2 Å². The zero-order chi connectivity index (χ0) is 10.5. The minimum atomic E-state index is 0.588. The normalized spacial score (nSPS) is 15.0. The van der Waals surface area contributed by atoms with Crippen molar-refractivity contribution in [3.8, 4) is 0 Å². The van der Waals surface area contributed by atoms with Crippen molar-refractivity contribution in [3.63, 3.8) is 0 Å². The molecule has 0 spiro atoms. The maximum Gasteiger partial charge on any atom is 0.240 e. The van der Waals surface area contributed by atoms with Crippen LogP contribution >= 0.6 is 0 Å². The lowest BCUT2D eigenvalue weighted by atomic mass is 10.2. The molecule has 0 bridgehead atoms. The van der Waals surface area contributed by atoms with Gasteiger partial charge in [-0.1, -0.05) is 31.5 Å². The van der Waals surface area contributed by atoms with E-state index in [2.05, 4.69) is 12.0 Å². The van der Waals surface area contributed by atoms with Crippen molar-refractivity contribution in [2.45, 2.75) is 19.8 Å². The predicted octanol–water partition coefficient (Wildman–Crippen LogP) is 2.44. The zero-order valence-corrected chi connectivity index (χ0v) is 9.02.